The number of nitrogens with one attached hydrogen (secondary N) is 1. The van der Waals surface area contributed by atoms with Crippen LogP contribution >= 0.6 is 23.2 Å². The molecule has 0 aromatic heterocycles. The van der Waals surface area contributed by atoms with Gasteiger partial charge in [0.1, 0.15) is 11.4 Å². The summed E-state index contributed by atoms with van der Waals surface area (Å²) in [5, 5.41) is 2.38. The fraction of sp³-hybridized carbons (Fsp3) is 0.364. The third kappa shape index (κ3) is 4.40. The summed E-state index contributed by atoms with van der Waals surface area (Å²) in [5.41, 5.74) is -0.524. The van der Waals surface area contributed by atoms with Gasteiger partial charge in [-0.25, -0.2) is 9.18 Å². The van der Waals surface area contributed by atoms with Gasteiger partial charge < -0.3 is 4.74 Å². The Morgan fingerprint density at radius 3 is 2.41 bits per heavy atom. The van der Waals surface area contributed by atoms with E-state index in [-0.39, 0.29) is 15.7 Å². The van der Waals surface area contributed by atoms with Crippen LogP contribution in [0.25, 0.3) is 0 Å². The van der Waals surface area contributed by atoms with Gasteiger partial charge in [0.25, 0.3) is 0 Å². The largest absolute Gasteiger partial charge is 0.444 e. The SMILES string of the molecule is CC(C)(C)OC(=O)Nc1cc(F)c(Cl)cc1Cl. The fourth-order valence-electron chi connectivity index (χ4n) is 1.03. The molecule has 0 fully saturated rings. The Hall–Kier alpha value is -1.00. The second kappa shape index (κ2) is 5.10. The second-order valence-electron chi connectivity index (χ2n) is 4.37. The van der Waals surface area contributed by atoms with E-state index in [0.29, 0.717) is 0 Å². The summed E-state index contributed by atoms with van der Waals surface area (Å²) in [6.07, 6.45) is -0.707. The Morgan fingerprint density at radius 2 is 1.88 bits per heavy atom. The lowest BCUT2D eigenvalue weighted by Crippen LogP contribution is -2.27. The van der Waals surface area contributed by atoms with Crippen molar-refractivity contribution in [3.05, 3.63) is 28.0 Å². The van der Waals surface area contributed by atoms with Crippen LogP contribution in [0.1, 0.15) is 20.8 Å². The van der Waals surface area contributed by atoms with Gasteiger partial charge in [-0.3, -0.25) is 5.32 Å². The zero-order valence-corrected chi connectivity index (χ0v) is 11.1. The molecule has 0 atom stereocenters. The van der Waals surface area contributed by atoms with Crippen molar-refractivity contribution in [3.63, 3.8) is 0 Å². The minimum Gasteiger partial charge on any atom is -0.444 e. The molecule has 0 heterocycles. The van der Waals surface area contributed by atoms with Crippen molar-refractivity contribution < 1.29 is 13.9 Å². The van der Waals surface area contributed by atoms with E-state index in [1.54, 1.807) is 20.8 Å². The second-order valence-corrected chi connectivity index (χ2v) is 5.19. The summed E-state index contributed by atoms with van der Waals surface area (Å²) in [6.45, 7) is 5.16. The number of ether oxygens (including phenoxy) is 1. The van der Waals surface area contributed by atoms with Crippen LogP contribution in [-0.4, -0.2) is 11.7 Å². The predicted octanol–water partition coefficient (Wildman–Crippen LogP) is 4.48. The molecule has 1 aromatic rings. The summed E-state index contributed by atoms with van der Waals surface area (Å²) < 4.78 is 18.2. The van der Waals surface area contributed by atoms with Crippen molar-refractivity contribution in [2.75, 3.05) is 5.32 Å². The molecule has 0 saturated carbocycles. The van der Waals surface area contributed by atoms with Gasteiger partial charge in [0.15, 0.2) is 0 Å². The van der Waals surface area contributed by atoms with E-state index in [0.717, 1.165) is 6.07 Å². The number of anilines is 1. The molecule has 0 aliphatic rings. The Labute approximate surface area is 109 Å². The lowest BCUT2D eigenvalue weighted by Gasteiger charge is -2.20. The van der Waals surface area contributed by atoms with Gasteiger partial charge in [-0.2, -0.15) is 0 Å². The van der Waals surface area contributed by atoms with Gasteiger partial charge in [0, 0.05) is 6.07 Å². The van der Waals surface area contributed by atoms with E-state index in [1.165, 1.54) is 6.07 Å². The molecule has 94 valence electrons. The number of amides is 1. The molecule has 1 N–H and O–H groups in total. The molecular formula is C11H12Cl2FNO2. The minimum atomic E-state index is -0.707. The highest BCUT2D eigenvalue weighted by atomic mass is 35.5. The van der Waals surface area contributed by atoms with Gasteiger partial charge in [-0.15, -0.1) is 0 Å². The van der Waals surface area contributed by atoms with E-state index in [9.17, 15) is 9.18 Å². The molecule has 0 bridgehead atoms. The number of carbonyl (C=O) groups is 1. The van der Waals surface area contributed by atoms with Crippen LogP contribution in [0.5, 0.6) is 0 Å². The van der Waals surface area contributed by atoms with Crippen molar-refractivity contribution in [2.24, 2.45) is 0 Å². The highest BCUT2D eigenvalue weighted by Gasteiger charge is 2.17. The van der Waals surface area contributed by atoms with Crippen molar-refractivity contribution in [1.29, 1.82) is 0 Å². The fourth-order valence-corrected chi connectivity index (χ4v) is 1.46. The zero-order chi connectivity index (χ0) is 13.2. The molecule has 1 amide bonds. The van der Waals surface area contributed by atoms with E-state index in [1.807, 2.05) is 0 Å². The molecule has 0 aliphatic heterocycles. The topological polar surface area (TPSA) is 38.3 Å². The van der Waals surface area contributed by atoms with Crippen molar-refractivity contribution in [2.45, 2.75) is 26.4 Å². The lowest BCUT2D eigenvalue weighted by atomic mass is 10.2. The van der Waals surface area contributed by atoms with Crippen LogP contribution in [0.2, 0.25) is 10.0 Å². The number of rotatable bonds is 1. The monoisotopic (exact) mass is 279 g/mol. The Bertz CT molecular complexity index is 444. The molecule has 0 radical (unpaired) electrons. The number of carbonyl (C=O) groups excluding carboxylic acids is 1. The molecule has 0 aliphatic carbocycles. The highest BCUT2D eigenvalue weighted by Crippen LogP contribution is 2.28. The van der Waals surface area contributed by atoms with Gasteiger partial charge >= 0.3 is 6.09 Å². The van der Waals surface area contributed by atoms with Crippen LogP contribution < -0.4 is 5.32 Å². The summed E-state index contributed by atoms with van der Waals surface area (Å²) in [5.74, 6) is -0.665. The van der Waals surface area contributed by atoms with Gasteiger partial charge in [-0.1, -0.05) is 23.2 Å². The standard InChI is InChI=1S/C11H12Cl2FNO2/c1-11(2,3)17-10(16)15-9-5-8(14)6(12)4-7(9)13/h4-5H,1-3H3,(H,15,16). The molecule has 0 saturated heterocycles. The molecule has 3 nitrogen and oxygen atoms in total. The number of benzene rings is 1. The van der Waals surface area contributed by atoms with Crippen LogP contribution in [0.3, 0.4) is 0 Å². The number of halogens is 3. The van der Waals surface area contributed by atoms with Crippen molar-refractivity contribution >= 4 is 35.0 Å². The normalized spacial score (nSPS) is 11.2. The van der Waals surface area contributed by atoms with Crippen LogP contribution in [0.4, 0.5) is 14.9 Å². The summed E-state index contributed by atoms with van der Waals surface area (Å²) >= 11 is 11.3. The smallest absolute Gasteiger partial charge is 0.412 e. The van der Waals surface area contributed by atoms with Gasteiger partial charge in [0.2, 0.25) is 0 Å². The van der Waals surface area contributed by atoms with E-state index < -0.39 is 17.5 Å². The summed E-state index contributed by atoms with van der Waals surface area (Å²) in [6, 6.07) is 2.25. The van der Waals surface area contributed by atoms with Crippen LogP contribution in [-0.2, 0) is 4.74 Å². The first kappa shape index (κ1) is 14.1. The Balaban J connectivity index is 2.82. The molecule has 6 heteroatoms. The number of hydrogen-bond donors (Lipinski definition) is 1. The molecule has 0 unspecified atom stereocenters. The Kier molecular flexibility index (Phi) is 4.22. The van der Waals surface area contributed by atoms with E-state index >= 15 is 0 Å². The maximum Gasteiger partial charge on any atom is 0.412 e. The third-order valence-electron chi connectivity index (χ3n) is 1.65. The minimum absolute atomic E-state index is 0.107. The first-order valence-electron chi connectivity index (χ1n) is 4.83. The average molecular weight is 280 g/mol. The van der Waals surface area contributed by atoms with E-state index in [2.05, 4.69) is 5.32 Å². The highest BCUT2D eigenvalue weighted by molar-refractivity contribution is 6.36. The first-order valence-corrected chi connectivity index (χ1v) is 5.59. The lowest BCUT2D eigenvalue weighted by molar-refractivity contribution is 0.0636. The van der Waals surface area contributed by atoms with E-state index in [4.69, 9.17) is 27.9 Å². The average Bonchev–Trinajstić information content (AvgIpc) is 2.11. The maximum absolute atomic E-state index is 13.2. The van der Waals surface area contributed by atoms with Gasteiger partial charge in [-0.05, 0) is 26.8 Å². The molecule has 17 heavy (non-hydrogen) atoms. The molecule has 1 aromatic carbocycles. The maximum atomic E-state index is 13.2. The number of hydrogen-bond acceptors (Lipinski definition) is 2. The van der Waals surface area contributed by atoms with Crippen LogP contribution in [0.15, 0.2) is 12.1 Å². The van der Waals surface area contributed by atoms with Crippen molar-refractivity contribution in [1.82, 2.24) is 0 Å². The summed E-state index contributed by atoms with van der Waals surface area (Å²) in [4.78, 5) is 11.4. The molecule has 0 spiro atoms. The summed E-state index contributed by atoms with van der Waals surface area (Å²) in [7, 11) is 0. The third-order valence-corrected chi connectivity index (χ3v) is 2.25. The van der Waals surface area contributed by atoms with Crippen LogP contribution in [0, 0.1) is 5.82 Å². The van der Waals surface area contributed by atoms with Gasteiger partial charge in [0.05, 0.1) is 15.7 Å². The zero-order valence-electron chi connectivity index (χ0n) is 9.61. The predicted molar refractivity (Wildman–Crippen MR) is 66.3 cm³/mol. The van der Waals surface area contributed by atoms with Crippen molar-refractivity contribution in [3.8, 4) is 0 Å². The first-order chi connectivity index (χ1) is 7.69. The quantitative estimate of drug-likeness (QED) is 0.770. The molecule has 1 rings (SSSR count). The molecular weight excluding hydrogens is 268 g/mol. The Morgan fingerprint density at radius 1 is 1.29 bits per heavy atom.